The molecule has 0 aliphatic heterocycles. The fraction of sp³-hybridized carbons (Fsp3) is 0.130. The van der Waals surface area contributed by atoms with Crippen LogP contribution in [-0.2, 0) is 16.2 Å². The Morgan fingerprint density at radius 1 is 1.15 bits per heavy atom. The summed E-state index contributed by atoms with van der Waals surface area (Å²) >= 11 is 7.87. The second-order valence-corrected chi connectivity index (χ2v) is 10.8. The quantitative estimate of drug-likeness (QED) is 0.250. The molecule has 0 amide bonds. The number of nitrogens with zero attached hydrogens (tertiary/aromatic N) is 5. The zero-order valence-electron chi connectivity index (χ0n) is 18.3. The van der Waals surface area contributed by atoms with E-state index in [2.05, 4.69) is 35.8 Å². The number of benzene rings is 1. The summed E-state index contributed by atoms with van der Waals surface area (Å²) in [5.41, 5.74) is 3.51. The lowest BCUT2D eigenvalue weighted by molar-refractivity contribution is 0.541. The van der Waals surface area contributed by atoms with Crippen LogP contribution in [0.15, 0.2) is 63.9 Å². The number of fused-ring (bicyclic) bond motifs is 2. The molecular weight excluding hydrogens is 492 g/mol. The van der Waals surface area contributed by atoms with Gasteiger partial charge in [0.15, 0.2) is 10.8 Å². The van der Waals surface area contributed by atoms with E-state index in [0.717, 1.165) is 16.2 Å². The maximum atomic E-state index is 13.4. The van der Waals surface area contributed by atoms with Gasteiger partial charge in [0.2, 0.25) is 5.88 Å². The average Bonchev–Trinajstić information content (AvgIpc) is 3.14. The first-order valence-corrected chi connectivity index (χ1v) is 13.1. The molecule has 1 aromatic carbocycles. The molecule has 1 unspecified atom stereocenters. The summed E-state index contributed by atoms with van der Waals surface area (Å²) in [6, 6.07) is 9.03. The van der Waals surface area contributed by atoms with Crippen LogP contribution in [0, 0.1) is 6.92 Å². The first-order chi connectivity index (χ1) is 16.3. The molecule has 172 valence electrons. The van der Waals surface area contributed by atoms with E-state index in [1.807, 2.05) is 32.0 Å². The van der Waals surface area contributed by atoms with Crippen LogP contribution in [0.25, 0.3) is 22.2 Å². The summed E-state index contributed by atoms with van der Waals surface area (Å²) in [6.07, 6.45) is 5.53. The predicted octanol–water partition coefficient (Wildman–Crippen LogP) is 5.04. The minimum atomic E-state index is -3.16. The number of halogens is 1. The molecule has 0 bridgehead atoms. The fourth-order valence-electron chi connectivity index (χ4n) is 3.33. The first-order valence-electron chi connectivity index (χ1n) is 10.3. The van der Waals surface area contributed by atoms with Crippen molar-refractivity contribution in [1.82, 2.24) is 29.9 Å². The number of nitrogens with one attached hydrogen (secondary N) is 1. The van der Waals surface area contributed by atoms with Crippen LogP contribution in [0.1, 0.15) is 18.2 Å². The van der Waals surface area contributed by atoms with E-state index in [1.165, 1.54) is 11.8 Å². The highest BCUT2D eigenvalue weighted by Crippen LogP contribution is 2.37. The van der Waals surface area contributed by atoms with Gasteiger partial charge >= 0.3 is 0 Å². The monoisotopic (exact) mass is 510 g/mol. The van der Waals surface area contributed by atoms with E-state index in [0.29, 0.717) is 43.7 Å². The highest BCUT2D eigenvalue weighted by molar-refractivity contribution is 7.99. The standard InChI is InChI=1S/C23H19ClN6O2S2/c1-4-16-19(24)18-21(28-16)29-23(33-14-11-17-20(27-12-14)26-10-9-25-17)30-22(18)32-34(3,31)15-7-5-13(2)6-8-15/h5-12H,3-4H2,1-2H3,(H,28,29,30). The third-order valence-electron chi connectivity index (χ3n) is 5.06. The number of hydrogen-bond donors (Lipinski definition) is 1. The topological polar surface area (TPSA) is 107 Å². The average molecular weight is 511 g/mol. The van der Waals surface area contributed by atoms with Gasteiger partial charge in [0.25, 0.3) is 0 Å². The van der Waals surface area contributed by atoms with Gasteiger partial charge in [-0.15, -0.1) is 0 Å². The smallest absolute Gasteiger partial charge is 0.245 e. The van der Waals surface area contributed by atoms with Crippen LogP contribution in [0.2, 0.25) is 5.02 Å². The lowest BCUT2D eigenvalue weighted by Gasteiger charge is -2.13. The predicted molar refractivity (Wildman–Crippen MR) is 135 cm³/mol. The van der Waals surface area contributed by atoms with Gasteiger partial charge in [0.1, 0.15) is 26.4 Å². The van der Waals surface area contributed by atoms with Gasteiger partial charge in [-0.3, -0.25) is 4.98 Å². The molecule has 0 aliphatic carbocycles. The molecule has 0 spiro atoms. The third kappa shape index (κ3) is 4.31. The van der Waals surface area contributed by atoms with Crippen molar-refractivity contribution < 1.29 is 8.39 Å². The van der Waals surface area contributed by atoms with Gasteiger partial charge in [-0.2, -0.15) is 4.98 Å². The first kappa shape index (κ1) is 22.6. The molecule has 34 heavy (non-hydrogen) atoms. The van der Waals surface area contributed by atoms with E-state index in [4.69, 9.17) is 15.8 Å². The van der Waals surface area contributed by atoms with Crippen LogP contribution < -0.4 is 4.18 Å². The highest BCUT2D eigenvalue weighted by atomic mass is 35.5. The summed E-state index contributed by atoms with van der Waals surface area (Å²) in [5.74, 6) is 3.94. The largest absolute Gasteiger partial charge is 0.384 e. The minimum absolute atomic E-state index is 0.0996. The van der Waals surface area contributed by atoms with E-state index < -0.39 is 9.80 Å². The zero-order chi connectivity index (χ0) is 23.9. The summed E-state index contributed by atoms with van der Waals surface area (Å²) in [7, 11) is -3.16. The molecule has 5 rings (SSSR count). The van der Waals surface area contributed by atoms with Gasteiger partial charge in [-0.1, -0.05) is 36.2 Å². The molecule has 1 N–H and O–H groups in total. The Morgan fingerprint density at radius 3 is 2.68 bits per heavy atom. The normalized spacial score (nSPS) is 13.3. The van der Waals surface area contributed by atoms with E-state index in [-0.39, 0.29) is 5.88 Å². The Balaban J connectivity index is 1.59. The maximum Gasteiger partial charge on any atom is 0.245 e. The Labute approximate surface area is 205 Å². The molecule has 5 aromatic rings. The number of aromatic amines is 1. The van der Waals surface area contributed by atoms with Crippen molar-refractivity contribution in [3.63, 3.8) is 0 Å². The third-order valence-corrected chi connectivity index (χ3v) is 7.72. The number of H-pyrrole nitrogens is 1. The Morgan fingerprint density at radius 2 is 1.91 bits per heavy atom. The summed E-state index contributed by atoms with van der Waals surface area (Å²) in [4.78, 5) is 26.4. The van der Waals surface area contributed by atoms with Gasteiger partial charge in [-0.05, 0) is 49.2 Å². The van der Waals surface area contributed by atoms with E-state index in [9.17, 15) is 4.21 Å². The molecule has 0 saturated carbocycles. The highest BCUT2D eigenvalue weighted by Gasteiger charge is 2.22. The van der Waals surface area contributed by atoms with Crippen LogP contribution in [0.3, 0.4) is 0 Å². The minimum Gasteiger partial charge on any atom is -0.384 e. The Kier molecular flexibility index (Phi) is 5.88. The number of pyridine rings is 1. The number of rotatable bonds is 6. The molecule has 0 fully saturated rings. The van der Waals surface area contributed by atoms with Gasteiger partial charge < -0.3 is 9.17 Å². The van der Waals surface area contributed by atoms with Gasteiger partial charge in [0.05, 0.1) is 9.92 Å². The second kappa shape index (κ2) is 8.86. The molecule has 4 aromatic heterocycles. The molecule has 0 aliphatic rings. The lowest BCUT2D eigenvalue weighted by atomic mass is 10.2. The van der Waals surface area contributed by atoms with E-state index in [1.54, 1.807) is 30.7 Å². The molecular formula is C23H19ClN6O2S2. The number of hydrogen-bond acceptors (Lipinski definition) is 8. The van der Waals surface area contributed by atoms with Crippen molar-refractivity contribution in [3.8, 4) is 5.88 Å². The number of aryl methyl sites for hydroxylation is 2. The van der Waals surface area contributed by atoms with Crippen molar-refractivity contribution in [3.05, 3.63) is 65.2 Å². The fourth-order valence-corrected chi connectivity index (χ4v) is 5.46. The summed E-state index contributed by atoms with van der Waals surface area (Å²) < 4.78 is 19.4. The Bertz CT molecular complexity index is 1640. The lowest BCUT2D eigenvalue weighted by Crippen LogP contribution is -2.11. The van der Waals surface area contributed by atoms with Crippen LogP contribution >= 0.6 is 23.4 Å². The van der Waals surface area contributed by atoms with Crippen LogP contribution in [0.4, 0.5) is 0 Å². The molecule has 4 heterocycles. The van der Waals surface area contributed by atoms with Crippen LogP contribution in [0.5, 0.6) is 5.88 Å². The van der Waals surface area contributed by atoms with E-state index >= 15 is 0 Å². The SMILES string of the molecule is C=S(=O)(Oc1nc(Sc2cnc3nccnc3c2)nc2[nH]c(CC)c(Cl)c12)c1ccc(C)cc1. The summed E-state index contributed by atoms with van der Waals surface area (Å²) in [5, 5.41) is 1.27. The molecule has 11 heteroatoms. The van der Waals surface area contributed by atoms with Crippen molar-refractivity contribution in [2.45, 2.75) is 35.2 Å². The van der Waals surface area contributed by atoms with Gasteiger partial charge in [0, 0.05) is 29.2 Å². The van der Waals surface area contributed by atoms with Crippen LogP contribution in [-0.4, -0.2) is 40.0 Å². The molecule has 0 radical (unpaired) electrons. The van der Waals surface area contributed by atoms with Gasteiger partial charge in [-0.25, -0.2) is 19.2 Å². The van der Waals surface area contributed by atoms with Crippen molar-refractivity contribution in [2.75, 3.05) is 0 Å². The van der Waals surface area contributed by atoms with Crippen molar-refractivity contribution in [2.24, 2.45) is 0 Å². The molecule has 0 saturated heterocycles. The zero-order valence-corrected chi connectivity index (χ0v) is 20.7. The number of aromatic nitrogens is 6. The molecule has 8 nitrogen and oxygen atoms in total. The summed E-state index contributed by atoms with van der Waals surface area (Å²) in [6.45, 7) is 3.92. The van der Waals surface area contributed by atoms with Crippen molar-refractivity contribution >= 4 is 61.2 Å². The Hall–Kier alpha value is -3.21. The molecule has 1 atom stereocenters. The van der Waals surface area contributed by atoms with Crippen molar-refractivity contribution in [1.29, 1.82) is 0 Å². The maximum absolute atomic E-state index is 13.4. The second-order valence-electron chi connectivity index (χ2n) is 7.49.